The van der Waals surface area contributed by atoms with Crippen molar-refractivity contribution in [3.63, 3.8) is 0 Å². The van der Waals surface area contributed by atoms with Gasteiger partial charge >= 0.3 is 0 Å². The molecule has 1 aliphatic heterocycles. The fourth-order valence-electron chi connectivity index (χ4n) is 2.87. The molecular formula is C15H19Cl2NO3S. The Kier molecular flexibility index (Phi) is 5.00. The monoisotopic (exact) mass is 363 g/mol. The molecule has 1 aromatic carbocycles. The molecule has 2 fully saturated rings. The maximum absolute atomic E-state index is 12.5. The molecule has 0 radical (unpaired) electrons. The van der Waals surface area contributed by atoms with Gasteiger partial charge in [-0.15, -0.1) is 0 Å². The highest BCUT2D eigenvalue weighted by atomic mass is 35.5. The van der Waals surface area contributed by atoms with E-state index in [0.717, 1.165) is 18.4 Å². The van der Waals surface area contributed by atoms with Gasteiger partial charge in [-0.05, 0) is 43.4 Å². The van der Waals surface area contributed by atoms with E-state index in [2.05, 4.69) is 4.72 Å². The predicted molar refractivity (Wildman–Crippen MR) is 88.0 cm³/mol. The van der Waals surface area contributed by atoms with Crippen molar-refractivity contribution in [1.82, 2.24) is 4.72 Å². The van der Waals surface area contributed by atoms with Gasteiger partial charge in [-0.1, -0.05) is 29.3 Å². The number of sulfonamides is 1. The third-order valence-corrected chi connectivity index (χ3v) is 7.01. The second-order valence-corrected chi connectivity index (χ2v) is 8.80. The second-order valence-electron chi connectivity index (χ2n) is 6.05. The number of halogens is 2. The van der Waals surface area contributed by atoms with Crippen LogP contribution in [0.15, 0.2) is 18.2 Å². The van der Waals surface area contributed by atoms with E-state index in [1.165, 1.54) is 0 Å². The molecule has 7 heteroatoms. The summed E-state index contributed by atoms with van der Waals surface area (Å²) in [6.07, 6.45) is 3.04. The van der Waals surface area contributed by atoms with Gasteiger partial charge in [0.05, 0.1) is 21.9 Å². The number of rotatable bonds is 5. The fourth-order valence-corrected chi connectivity index (χ4v) is 5.15. The molecule has 3 rings (SSSR count). The summed E-state index contributed by atoms with van der Waals surface area (Å²) in [6, 6.07) is 5.57. The van der Waals surface area contributed by atoms with E-state index in [1.54, 1.807) is 12.1 Å². The van der Waals surface area contributed by atoms with Crippen molar-refractivity contribution in [2.45, 2.75) is 37.0 Å². The van der Waals surface area contributed by atoms with Crippen molar-refractivity contribution in [1.29, 1.82) is 0 Å². The van der Waals surface area contributed by atoms with Gasteiger partial charge in [-0.3, -0.25) is 0 Å². The van der Waals surface area contributed by atoms with E-state index in [-0.39, 0.29) is 12.0 Å². The van der Waals surface area contributed by atoms with E-state index in [0.29, 0.717) is 36.1 Å². The van der Waals surface area contributed by atoms with E-state index in [9.17, 15) is 8.42 Å². The maximum atomic E-state index is 12.5. The highest BCUT2D eigenvalue weighted by Crippen LogP contribution is 2.30. The molecule has 0 bridgehead atoms. The van der Waals surface area contributed by atoms with Crippen LogP contribution in [0.1, 0.15) is 24.8 Å². The Hall–Kier alpha value is -0.330. The van der Waals surface area contributed by atoms with Gasteiger partial charge in [0.1, 0.15) is 0 Å². The lowest BCUT2D eigenvalue weighted by Crippen LogP contribution is -2.45. The Bertz CT molecular complexity index is 646. The summed E-state index contributed by atoms with van der Waals surface area (Å²) >= 11 is 12.0. The first kappa shape index (κ1) is 16.5. The normalized spacial score (nSPS) is 26.1. The quantitative estimate of drug-likeness (QED) is 0.874. The van der Waals surface area contributed by atoms with Gasteiger partial charge < -0.3 is 4.74 Å². The summed E-state index contributed by atoms with van der Waals surface area (Å²) in [7, 11) is -3.30. The first-order valence-corrected chi connectivity index (χ1v) is 9.79. The van der Waals surface area contributed by atoms with Crippen molar-refractivity contribution < 1.29 is 13.2 Å². The summed E-state index contributed by atoms with van der Waals surface area (Å²) < 4.78 is 33.4. The second kappa shape index (κ2) is 6.65. The Balaban J connectivity index is 1.75. The van der Waals surface area contributed by atoms with Crippen LogP contribution in [0.3, 0.4) is 0 Å². The van der Waals surface area contributed by atoms with Crippen LogP contribution in [-0.2, 0) is 21.2 Å². The summed E-state index contributed by atoms with van der Waals surface area (Å²) in [5.74, 6) is -0.0674. The standard InChI is InChI=1S/C15H19Cl2NO3S/c16-13-4-1-10(8-14(13)17)7-11-9-21-6-5-15(11)22(19,20)18-12-2-3-12/h1,4,8,11-12,15,18H,2-3,5-7,9H2/t11-,15+/m0/s1. The third-order valence-electron chi connectivity index (χ3n) is 4.19. The van der Waals surface area contributed by atoms with Crippen LogP contribution in [0.5, 0.6) is 0 Å². The minimum atomic E-state index is -3.30. The van der Waals surface area contributed by atoms with Crippen LogP contribution in [0.4, 0.5) is 0 Å². The van der Waals surface area contributed by atoms with E-state index >= 15 is 0 Å². The molecule has 1 N–H and O–H groups in total. The molecule has 122 valence electrons. The molecule has 0 unspecified atom stereocenters. The molecule has 2 aliphatic rings. The largest absolute Gasteiger partial charge is 0.381 e. The van der Waals surface area contributed by atoms with Crippen LogP contribution < -0.4 is 4.72 Å². The SMILES string of the molecule is O=S(=O)(NC1CC1)[C@@H]1CCOC[C@@H]1Cc1ccc(Cl)c(Cl)c1. The lowest BCUT2D eigenvalue weighted by molar-refractivity contribution is 0.0570. The Morgan fingerprint density at radius 3 is 2.64 bits per heavy atom. The molecule has 1 saturated heterocycles. The van der Waals surface area contributed by atoms with Crippen molar-refractivity contribution in [3.05, 3.63) is 33.8 Å². The van der Waals surface area contributed by atoms with E-state index in [4.69, 9.17) is 27.9 Å². The Morgan fingerprint density at radius 2 is 1.95 bits per heavy atom. The van der Waals surface area contributed by atoms with Crippen LogP contribution in [0.25, 0.3) is 0 Å². The Morgan fingerprint density at radius 1 is 1.18 bits per heavy atom. The average molecular weight is 364 g/mol. The molecule has 2 atom stereocenters. The van der Waals surface area contributed by atoms with Gasteiger partial charge in [-0.2, -0.15) is 0 Å². The Labute approximate surface area is 141 Å². The minimum absolute atomic E-state index is 0.0674. The van der Waals surface area contributed by atoms with Gasteiger partial charge in [0, 0.05) is 18.6 Å². The molecular weight excluding hydrogens is 345 g/mol. The predicted octanol–water partition coefficient (Wildman–Crippen LogP) is 3.02. The molecule has 0 spiro atoms. The van der Waals surface area contributed by atoms with Crippen LogP contribution in [-0.4, -0.2) is 32.9 Å². The van der Waals surface area contributed by atoms with Crippen molar-refractivity contribution in [2.24, 2.45) is 5.92 Å². The van der Waals surface area contributed by atoms with Crippen molar-refractivity contribution in [2.75, 3.05) is 13.2 Å². The fraction of sp³-hybridized carbons (Fsp3) is 0.600. The van der Waals surface area contributed by atoms with Crippen molar-refractivity contribution in [3.8, 4) is 0 Å². The third kappa shape index (κ3) is 3.95. The van der Waals surface area contributed by atoms with E-state index < -0.39 is 15.3 Å². The molecule has 4 nitrogen and oxygen atoms in total. The van der Waals surface area contributed by atoms with Crippen LogP contribution >= 0.6 is 23.2 Å². The van der Waals surface area contributed by atoms with Gasteiger partial charge in [0.15, 0.2) is 0 Å². The van der Waals surface area contributed by atoms with Gasteiger partial charge in [-0.25, -0.2) is 13.1 Å². The maximum Gasteiger partial charge on any atom is 0.215 e. The van der Waals surface area contributed by atoms with E-state index in [1.807, 2.05) is 6.07 Å². The molecule has 1 aromatic rings. The average Bonchev–Trinajstić information content (AvgIpc) is 3.27. The summed E-state index contributed by atoms with van der Waals surface area (Å²) in [5.41, 5.74) is 0.983. The molecule has 1 heterocycles. The zero-order chi connectivity index (χ0) is 15.7. The highest BCUT2D eigenvalue weighted by molar-refractivity contribution is 7.90. The first-order valence-electron chi connectivity index (χ1n) is 7.48. The first-order chi connectivity index (χ1) is 10.5. The molecule has 0 aromatic heterocycles. The topological polar surface area (TPSA) is 55.4 Å². The highest BCUT2D eigenvalue weighted by Gasteiger charge is 2.39. The van der Waals surface area contributed by atoms with Gasteiger partial charge in [0.2, 0.25) is 10.0 Å². The summed E-state index contributed by atoms with van der Waals surface area (Å²) in [4.78, 5) is 0. The summed E-state index contributed by atoms with van der Waals surface area (Å²) in [5, 5.41) is 0.590. The molecule has 1 saturated carbocycles. The number of nitrogens with one attached hydrogen (secondary N) is 1. The zero-order valence-corrected chi connectivity index (χ0v) is 14.4. The number of hydrogen-bond donors (Lipinski definition) is 1. The van der Waals surface area contributed by atoms with Crippen LogP contribution in [0.2, 0.25) is 10.0 Å². The molecule has 0 amide bonds. The number of ether oxygens (including phenoxy) is 1. The lowest BCUT2D eigenvalue weighted by Gasteiger charge is -2.31. The minimum Gasteiger partial charge on any atom is -0.381 e. The number of hydrogen-bond acceptors (Lipinski definition) is 3. The smallest absolute Gasteiger partial charge is 0.215 e. The summed E-state index contributed by atoms with van der Waals surface area (Å²) in [6.45, 7) is 0.949. The molecule has 1 aliphatic carbocycles. The number of benzene rings is 1. The van der Waals surface area contributed by atoms with Crippen LogP contribution in [0, 0.1) is 5.92 Å². The lowest BCUT2D eigenvalue weighted by atomic mass is 9.93. The van der Waals surface area contributed by atoms with Gasteiger partial charge in [0.25, 0.3) is 0 Å². The van der Waals surface area contributed by atoms with Crippen molar-refractivity contribution >= 4 is 33.2 Å². The zero-order valence-electron chi connectivity index (χ0n) is 12.1. The molecule has 22 heavy (non-hydrogen) atoms.